The predicted molar refractivity (Wildman–Crippen MR) is 72.3 cm³/mol. The average molecular weight is 269 g/mol. The first kappa shape index (κ1) is 12.2. The van der Waals surface area contributed by atoms with Crippen LogP contribution in [0.25, 0.3) is 0 Å². The van der Waals surface area contributed by atoms with E-state index in [1.54, 1.807) is 6.07 Å². The van der Waals surface area contributed by atoms with Gasteiger partial charge in [0.25, 0.3) is 0 Å². The highest BCUT2D eigenvalue weighted by atomic mass is 35.5. The van der Waals surface area contributed by atoms with Crippen molar-refractivity contribution in [2.75, 3.05) is 11.9 Å². The van der Waals surface area contributed by atoms with Gasteiger partial charge in [0.15, 0.2) is 0 Å². The van der Waals surface area contributed by atoms with Gasteiger partial charge in [-0.25, -0.2) is 4.39 Å². The van der Waals surface area contributed by atoms with E-state index in [1.807, 2.05) is 0 Å². The van der Waals surface area contributed by atoms with E-state index in [4.69, 9.17) is 17.3 Å². The van der Waals surface area contributed by atoms with E-state index in [2.05, 4.69) is 5.32 Å². The van der Waals surface area contributed by atoms with E-state index >= 15 is 0 Å². The molecule has 0 amide bonds. The average Bonchev–Trinajstić information content (AvgIpc) is 2.88. The van der Waals surface area contributed by atoms with Crippen molar-refractivity contribution in [3.05, 3.63) is 29.0 Å². The Morgan fingerprint density at radius 3 is 2.78 bits per heavy atom. The fraction of sp³-hybridized carbons (Fsp3) is 0.571. The maximum atomic E-state index is 13.4. The first-order valence-corrected chi connectivity index (χ1v) is 6.93. The molecule has 0 heterocycles. The molecule has 2 bridgehead atoms. The first-order valence-electron chi connectivity index (χ1n) is 6.56. The zero-order chi connectivity index (χ0) is 12.8. The molecule has 3 rings (SSSR count). The largest absolute Gasteiger partial charge is 0.378 e. The first-order chi connectivity index (χ1) is 8.61. The van der Waals surface area contributed by atoms with E-state index in [9.17, 15) is 4.39 Å². The van der Waals surface area contributed by atoms with Crippen LogP contribution in [0.5, 0.6) is 0 Å². The van der Waals surface area contributed by atoms with E-state index in [0.717, 1.165) is 18.0 Å². The maximum Gasteiger partial charge on any atom is 0.126 e. The highest BCUT2D eigenvalue weighted by molar-refractivity contribution is 6.30. The summed E-state index contributed by atoms with van der Waals surface area (Å²) in [5.74, 6) is 1.10. The van der Waals surface area contributed by atoms with E-state index in [1.165, 1.54) is 31.4 Å². The van der Waals surface area contributed by atoms with Gasteiger partial charge in [0.05, 0.1) is 5.54 Å². The smallest absolute Gasteiger partial charge is 0.126 e. The third kappa shape index (κ3) is 1.99. The Hall–Kier alpha value is -0.800. The van der Waals surface area contributed by atoms with Crippen molar-refractivity contribution < 1.29 is 4.39 Å². The van der Waals surface area contributed by atoms with Gasteiger partial charge in [-0.3, -0.25) is 0 Å². The number of benzene rings is 1. The number of halogens is 2. The van der Waals surface area contributed by atoms with Crippen LogP contribution < -0.4 is 11.1 Å². The predicted octanol–water partition coefficient (Wildman–Crippen LogP) is 3.41. The van der Waals surface area contributed by atoms with Gasteiger partial charge in [-0.05, 0) is 55.7 Å². The third-order valence-corrected chi connectivity index (χ3v) is 4.81. The van der Waals surface area contributed by atoms with Crippen LogP contribution >= 0.6 is 11.6 Å². The molecule has 4 heteroatoms. The molecule has 98 valence electrons. The van der Waals surface area contributed by atoms with Gasteiger partial charge in [0.1, 0.15) is 5.82 Å². The van der Waals surface area contributed by atoms with Crippen molar-refractivity contribution in [1.29, 1.82) is 0 Å². The maximum absolute atomic E-state index is 13.4. The van der Waals surface area contributed by atoms with Gasteiger partial charge in [-0.1, -0.05) is 11.6 Å². The fourth-order valence-electron chi connectivity index (χ4n) is 3.81. The van der Waals surface area contributed by atoms with Crippen LogP contribution in [0.2, 0.25) is 5.02 Å². The van der Waals surface area contributed by atoms with Crippen molar-refractivity contribution in [2.45, 2.75) is 31.2 Å². The number of nitrogens with two attached hydrogens (primary N) is 1. The molecule has 2 aliphatic carbocycles. The molecule has 0 aromatic heterocycles. The molecule has 2 nitrogen and oxygen atoms in total. The number of hydrogen-bond donors (Lipinski definition) is 2. The lowest BCUT2D eigenvalue weighted by Gasteiger charge is -2.38. The quantitative estimate of drug-likeness (QED) is 0.882. The summed E-state index contributed by atoms with van der Waals surface area (Å²) in [6.45, 7) is 0.600. The summed E-state index contributed by atoms with van der Waals surface area (Å²) in [5.41, 5.74) is 6.68. The highest BCUT2D eigenvalue weighted by Crippen LogP contribution is 2.51. The molecule has 3 atom stereocenters. The van der Waals surface area contributed by atoms with Crippen LogP contribution in [0.15, 0.2) is 18.2 Å². The van der Waals surface area contributed by atoms with Gasteiger partial charge in [-0.2, -0.15) is 0 Å². The number of nitrogens with one attached hydrogen (secondary N) is 1. The summed E-state index contributed by atoms with van der Waals surface area (Å²) in [5, 5.41) is 3.89. The molecule has 3 unspecified atom stereocenters. The number of anilines is 1. The van der Waals surface area contributed by atoms with Crippen LogP contribution in [-0.4, -0.2) is 12.1 Å². The van der Waals surface area contributed by atoms with Crippen molar-refractivity contribution in [2.24, 2.45) is 17.6 Å². The van der Waals surface area contributed by atoms with Crippen molar-refractivity contribution in [3.8, 4) is 0 Å². The van der Waals surface area contributed by atoms with E-state index < -0.39 is 0 Å². The summed E-state index contributed by atoms with van der Waals surface area (Å²) >= 11 is 5.89. The molecule has 0 spiro atoms. The minimum Gasteiger partial charge on any atom is -0.378 e. The second-order valence-electron chi connectivity index (χ2n) is 5.72. The lowest BCUT2D eigenvalue weighted by molar-refractivity contribution is 0.306. The number of rotatable bonds is 3. The zero-order valence-electron chi connectivity index (χ0n) is 10.3. The fourth-order valence-corrected chi connectivity index (χ4v) is 4.03. The highest BCUT2D eigenvalue weighted by Gasteiger charge is 2.50. The molecule has 0 radical (unpaired) electrons. The Morgan fingerprint density at radius 2 is 2.22 bits per heavy atom. The molecule has 1 aromatic carbocycles. The standard InChI is InChI=1S/C14H18ClFN2/c15-11-4-12(16)6-13(5-11)18-14(8-17)7-9-1-2-10(14)3-9/h4-6,9-10,18H,1-3,7-8,17H2. The van der Waals surface area contributed by atoms with E-state index in [-0.39, 0.29) is 11.4 Å². The molecule has 18 heavy (non-hydrogen) atoms. The van der Waals surface area contributed by atoms with Gasteiger partial charge in [-0.15, -0.1) is 0 Å². The second kappa shape index (κ2) is 4.39. The summed E-state index contributed by atoms with van der Waals surface area (Å²) in [4.78, 5) is 0. The number of fused-ring (bicyclic) bond motifs is 2. The Labute approximate surface area is 112 Å². The molecule has 0 saturated heterocycles. The van der Waals surface area contributed by atoms with Crippen LogP contribution in [0.4, 0.5) is 10.1 Å². The van der Waals surface area contributed by atoms with Crippen LogP contribution in [0.3, 0.4) is 0 Å². The van der Waals surface area contributed by atoms with Crippen LogP contribution in [-0.2, 0) is 0 Å². The topological polar surface area (TPSA) is 38.0 Å². The molecule has 1 aromatic rings. The number of hydrogen-bond acceptors (Lipinski definition) is 2. The van der Waals surface area contributed by atoms with Gasteiger partial charge < -0.3 is 11.1 Å². The Morgan fingerprint density at radius 1 is 1.39 bits per heavy atom. The minimum atomic E-state index is -0.305. The van der Waals surface area contributed by atoms with E-state index in [0.29, 0.717) is 17.5 Å². The lowest BCUT2D eigenvalue weighted by Crippen LogP contribution is -2.49. The summed E-state index contributed by atoms with van der Waals surface area (Å²) in [6, 6.07) is 4.59. The summed E-state index contributed by atoms with van der Waals surface area (Å²) < 4.78 is 13.4. The Balaban J connectivity index is 1.86. The zero-order valence-corrected chi connectivity index (χ0v) is 11.0. The Kier molecular flexibility index (Phi) is 2.99. The molecule has 2 aliphatic rings. The lowest BCUT2D eigenvalue weighted by atomic mass is 9.80. The van der Waals surface area contributed by atoms with Gasteiger partial charge in [0, 0.05) is 17.3 Å². The molecule has 2 saturated carbocycles. The Bertz CT molecular complexity index is 445. The van der Waals surface area contributed by atoms with Gasteiger partial charge in [0.2, 0.25) is 0 Å². The van der Waals surface area contributed by atoms with Crippen LogP contribution in [0.1, 0.15) is 25.7 Å². The normalized spacial score (nSPS) is 33.9. The molecule has 0 aliphatic heterocycles. The van der Waals surface area contributed by atoms with Crippen LogP contribution in [0, 0.1) is 17.7 Å². The second-order valence-corrected chi connectivity index (χ2v) is 6.16. The molecule has 3 N–H and O–H groups in total. The minimum absolute atomic E-state index is 0.0555. The molecular formula is C14H18ClFN2. The summed E-state index contributed by atoms with van der Waals surface area (Å²) in [7, 11) is 0. The summed E-state index contributed by atoms with van der Waals surface area (Å²) in [6.07, 6.45) is 4.91. The van der Waals surface area contributed by atoms with Crippen molar-refractivity contribution in [3.63, 3.8) is 0 Å². The third-order valence-electron chi connectivity index (χ3n) is 4.60. The van der Waals surface area contributed by atoms with Gasteiger partial charge >= 0.3 is 0 Å². The SMILES string of the molecule is NCC1(Nc2cc(F)cc(Cl)c2)CC2CCC1C2. The molecular weight excluding hydrogens is 251 g/mol. The van der Waals surface area contributed by atoms with Crippen molar-refractivity contribution >= 4 is 17.3 Å². The van der Waals surface area contributed by atoms with Crippen molar-refractivity contribution in [1.82, 2.24) is 0 Å². The monoisotopic (exact) mass is 268 g/mol. The molecule has 2 fully saturated rings.